The van der Waals surface area contributed by atoms with Gasteiger partial charge in [-0.3, -0.25) is 0 Å². The Morgan fingerprint density at radius 1 is 1.08 bits per heavy atom. The van der Waals surface area contributed by atoms with E-state index < -0.39 is 0 Å². The molecule has 0 aliphatic carbocycles. The third kappa shape index (κ3) is 3.64. The molecule has 3 aromatic rings. The van der Waals surface area contributed by atoms with Gasteiger partial charge >= 0.3 is 0 Å². The molecule has 0 fully saturated rings. The molecule has 25 heavy (non-hydrogen) atoms. The van der Waals surface area contributed by atoms with Crippen LogP contribution in [-0.2, 0) is 0 Å². The topological polar surface area (TPSA) is 33.0 Å². The van der Waals surface area contributed by atoms with Crippen molar-refractivity contribution in [2.24, 2.45) is 0 Å². The molecule has 0 amide bonds. The largest absolute Gasteiger partial charge is 0.493 e. The van der Waals surface area contributed by atoms with Crippen LogP contribution in [0.4, 0.5) is 0 Å². The predicted molar refractivity (Wildman–Crippen MR) is 105 cm³/mol. The van der Waals surface area contributed by atoms with Crippen molar-refractivity contribution in [3.63, 3.8) is 0 Å². The first kappa shape index (κ1) is 17.4. The second-order valence-corrected chi connectivity index (χ2v) is 6.24. The van der Waals surface area contributed by atoms with Crippen LogP contribution in [0.3, 0.4) is 0 Å². The zero-order valence-electron chi connectivity index (χ0n) is 13.6. The van der Waals surface area contributed by atoms with E-state index in [1.54, 1.807) is 18.2 Å². The van der Waals surface area contributed by atoms with E-state index in [0.717, 1.165) is 22.1 Å². The van der Waals surface area contributed by atoms with Gasteiger partial charge < -0.3 is 4.74 Å². The van der Waals surface area contributed by atoms with Crippen LogP contribution in [0.25, 0.3) is 22.4 Å². The van der Waals surface area contributed by atoms with Crippen LogP contribution >= 0.6 is 23.2 Å². The fourth-order valence-electron chi connectivity index (χ4n) is 2.69. The van der Waals surface area contributed by atoms with Crippen molar-refractivity contribution in [2.45, 2.75) is 6.92 Å². The van der Waals surface area contributed by atoms with Crippen LogP contribution in [0.2, 0.25) is 10.0 Å². The molecule has 0 bridgehead atoms. The van der Waals surface area contributed by atoms with Crippen molar-refractivity contribution in [3.05, 3.63) is 75.8 Å². The second-order valence-electron chi connectivity index (χ2n) is 5.43. The molecule has 0 aliphatic rings. The summed E-state index contributed by atoms with van der Waals surface area (Å²) in [4.78, 5) is 0. The Balaban J connectivity index is 2.22. The Bertz CT molecular complexity index is 1000. The highest BCUT2D eigenvalue weighted by atomic mass is 35.5. The summed E-state index contributed by atoms with van der Waals surface area (Å²) in [6.45, 7) is 2.49. The van der Waals surface area contributed by atoms with Gasteiger partial charge in [0.2, 0.25) is 0 Å². The minimum atomic E-state index is 0.420. The lowest BCUT2D eigenvalue weighted by atomic mass is 9.98. The van der Waals surface area contributed by atoms with Crippen LogP contribution in [0, 0.1) is 11.3 Å². The smallest absolute Gasteiger partial charge is 0.127 e. The van der Waals surface area contributed by atoms with Crippen molar-refractivity contribution in [1.29, 1.82) is 5.26 Å². The van der Waals surface area contributed by atoms with Gasteiger partial charge in [-0.1, -0.05) is 59.6 Å². The van der Waals surface area contributed by atoms with Gasteiger partial charge in [-0.25, -0.2) is 0 Å². The van der Waals surface area contributed by atoms with Crippen LogP contribution < -0.4 is 4.74 Å². The maximum atomic E-state index is 9.66. The number of nitrogens with zero attached hydrogens (tertiary/aromatic N) is 1. The summed E-state index contributed by atoms with van der Waals surface area (Å²) >= 11 is 12.1. The molecule has 0 radical (unpaired) electrons. The maximum absolute atomic E-state index is 9.66. The van der Waals surface area contributed by atoms with Crippen molar-refractivity contribution in [3.8, 4) is 11.8 Å². The average molecular weight is 368 g/mol. The van der Waals surface area contributed by atoms with E-state index in [0.29, 0.717) is 27.8 Å². The number of fused-ring (bicyclic) bond motifs is 1. The summed E-state index contributed by atoms with van der Waals surface area (Å²) in [6.07, 6.45) is 1.84. The number of halogens is 2. The van der Waals surface area contributed by atoms with Gasteiger partial charge in [-0.2, -0.15) is 5.26 Å². The molecule has 0 saturated heterocycles. The molecular formula is C21H15Cl2NO. The van der Waals surface area contributed by atoms with Crippen LogP contribution in [0.5, 0.6) is 5.75 Å². The fraction of sp³-hybridized carbons (Fsp3) is 0.0952. The lowest BCUT2D eigenvalue weighted by molar-refractivity contribution is 0.340. The molecule has 0 aliphatic heterocycles. The zero-order valence-corrected chi connectivity index (χ0v) is 15.1. The molecule has 0 heterocycles. The van der Waals surface area contributed by atoms with E-state index in [-0.39, 0.29) is 0 Å². The Morgan fingerprint density at radius 3 is 2.60 bits per heavy atom. The van der Waals surface area contributed by atoms with Gasteiger partial charge in [-0.15, -0.1) is 0 Å². The number of allylic oxidation sites excluding steroid dienone is 1. The Morgan fingerprint density at radius 2 is 1.88 bits per heavy atom. The molecule has 3 rings (SSSR count). The van der Waals surface area contributed by atoms with Gasteiger partial charge in [0, 0.05) is 5.56 Å². The van der Waals surface area contributed by atoms with Crippen LogP contribution in [-0.4, -0.2) is 6.61 Å². The van der Waals surface area contributed by atoms with Gasteiger partial charge in [0.25, 0.3) is 0 Å². The Kier molecular flexibility index (Phi) is 5.28. The normalized spacial score (nSPS) is 11.4. The quantitative estimate of drug-likeness (QED) is 0.383. The monoisotopic (exact) mass is 367 g/mol. The molecule has 0 aromatic heterocycles. The SMILES string of the molecule is CCOc1ccc2ccccc2c1/C=C(\C#N)c1ccc(Cl)c(Cl)c1. The molecule has 0 N–H and O–H groups in total. The van der Waals surface area contributed by atoms with Gasteiger partial charge in [-0.05, 0) is 47.5 Å². The summed E-state index contributed by atoms with van der Waals surface area (Å²) in [5, 5.41) is 12.7. The molecule has 2 nitrogen and oxygen atoms in total. The van der Waals surface area contributed by atoms with Gasteiger partial charge in [0.05, 0.1) is 28.3 Å². The van der Waals surface area contributed by atoms with E-state index in [1.807, 2.05) is 49.4 Å². The highest BCUT2D eigenvalue weighted by Crippen LogP contribution is 2.33. The zero-order chi connectivity index (χ0) is 17.8. The molecule has 4 heteroatoms. The van der Waals surface area contributed by atoms with E-state index in [1.165, 1.54) is 0 Å². The van der Waals surface area contributed by atoms with Crippen molar-refractivity contribution >= 4 is 45.6 Å². The number of benzene rings is 3. The third-order valence-corrected chi connectivity index (χ3v) is 4.61. The minimum absolute atomic E-state index is 0.420. The van der Waals surface area contributed by atoms with E-state index in [2.05, 4.69) is 6.07 Å². The van der Waals surface area contributed by atoms with Crippen molar-refractivity contribution in [1.82, 2.24) is 0 Å². The third-order valence-electron chi connectivity index (χ3n) is 3.87. The average Bonchev–Trinajstić information content (AvgIpc) is 2.63. The van der Waals surface area contributed by atoms with Crippen molar-refractivity contribution in [2.75, 3.05) is 6.61 Å². The summed E-state index contributed by atoms with van der Waals surface area (Å²) in [6, 6.07) is 19.4. The fourth-order valence-corrected chi connectivity index (χ4v) is 2.99. The highest BCUT2D eigenvalue weighted by molar-refractivity contribution is 6.42. The summed E-state index contributed by atoms with van der Waals surface area (Å²) in [5.74, 6) is 0.744. The minimum Gasteiger partial charge on any atom is -0.493 e. The Labute approximate surface area is 156 Å². The summed E-state index contributed by atoms with van der Waals surface area (Å²) in [7, 11) is 0. The first-order chi connectivity index (χ1) is 12.1. The lowest BCUT2D eigenvalue weighted by Gasteiger charge is -2.11. The number of ether oxygens (including phenoxy) is 1. The maximum Gasteiger partial charge on any atom is 0.127 e. The molecule has 0 atom stereocenters. The standard InChI is InChI=1S/C21H15Cl2NO/c1-2-25-21-10-8-14-5-3-4-6-17(14)18(21)11-16(13-24)15-7-9-19(22)20(23)12-15/h3-12H,2H2,1H3/b16-11+. The van der Waals surface area contributed by atoms with Gasteiger partial charge in [0.15, 0.2) is 0 Å². The second kappa shape index (κ2) is 7.61. The molecule has 3 aromatic carbocycles. The Hall–Kier alpha value is -2.47. The number of hydrogen-bond acceptors (Lipinski definition) is 2. The van der Waals surface area contributed by atoms with Crippen LogP contribution in [0.1, 0.15) is 18.1 Å². The first-order valence-corrected chi connectivity index (χ1v) is 8.61. The van der Waals surface area contributed by atoms with E-state index in [9.17, 15) is 5.26 Å². The molecular weight excluding hydrogens is 353 g/mol. The highest BCUT2D eigenvalue weighted by Gasteiger charge is 2.10. The number of rotatable bonds is 4. The molecule has 0 unspecified atom stereocenters. The predicted octanol–water partition coefficient (Wildman–Crippen LogP) is 6.61. The van der Waals surface area contributed by atoms with E-state index in [4.69, 9.17) is 27.9 Å². The van der Waals surface area contributed by atoms with E-state index >= 15 is 0 Å². The summed E-state index contributed by atoms with van der Waals surface area (Å²) in [5.41, 5.74) is 2.09. The first-order valence-electron chi connectivity index (χ1n) is 7.85. The van der Waals surface area contributed by atoms with Crippen LogP contribution in [0.15, 0.2) is 54.6 Å². The van der Waals surface area contributed by atoms with Gasteiger partial charge in [0.1, 0.15) is 5.75 Å². The van der Waals surface area contributed by atoms with Crippen molar-refractivity contribution < 1.29 is 4.74 Å². The number of hydrogen-bond donors (Lipinski definition) is 0. The number of nitriles is 1. The summed E-state index contributed by atoms with van der Waals surface area (Å²) < 4.78 is 5.77. The molecule has 124 valence electrons. The molecule has 0 spiro atoms. The lowest BCUT2D eigenvalue weighted by Crippen LogP contribution is -1.95. The molecule has 0 saturated carbocycles.